The average molecular weight is 267 g/mol. The zero-order valence-corrected chi connectivity index (χ0v) is 9.87. The van der Waals surface area contributed by atoms with Crippen molar-refractivity contribution in [2.75, 3.05) is 0 Å². The fourth-order valence-electron chi connectivity index (χ4n) is 1.34. The van der Waals surface area contributed by atoms with Gasteiger partial charge in [-0.25, -0.2) is 4.79 Å². The van der Waals surface area contributed by atoms with Crippen LogP contribution in [-0.4, -0.2) is 39.0 Å². The van der Waals surface area contributed by atoms with Gasteiger partial charge in [-0.05, 0) is 12.5 Å². The van der Waals surface area contributed by atoms with Crippen molar-refractivity contribution in [3.05, 3.63) is 24.0 Å². The van der Waals surface area contributed by atoms with E-state index in [-0.39, 0.29) is 24.2 Å². The first-order valence-electron chi connectivity index (χ1n) is 5.36. The molecule has 1 heterocycles. The van der Waals surface area contributed by atoms with Crippen molar-refractivity contribution < 1.29 is 24.6 Å². The molecule has 0 aliphatic heterocycles. The smallest absolute Gasteiger partial charge is 0.326 e. The first-order chi connectivity index (χ1) is 8.90. The summed E-state index contributed by atoms with van der Waals surface area (Å²) in [5.74, 6) is -2.85. The van der Waals surface area contributed by atoms with Crippen molar-refractivity contribution >= 4 is 17.8 Å². The summed E-state index contributed by atoms with van der Waals surface area (Å²) in [6.07, 6.45) is 2.05. The van der Waals surface area contributed by atoms with Gasteiger partial charge >= 0.3 is 5.97 Å². The summed E-state index contributed by atoms with van der Waals surface area (Å²) in [5.41, 5.74) is 4.93. The second kappa shape index (κ2) is 6.34. The second-order valence-electron chi connectivity index (χ2n) is 3.80. The lowest BCUT2D eigenvalue weighted by Crippen LogP contribution is -2.41. The number of aromatic hydroxyl groups is 1. The predicted molar refractivity (Wildman–Crippen MR) is 63.2 cm³/mol. The molecule has 1 rings (SSSR count). The van der Waals surface area contributed by atoms with E-state index in [2.05, 4.69) is 10.3 Å². The van der Waals surface area contributed by atoms with E-state index in [9.17, 15) is 14.4 Å². The lowest BCUT2D eigenvalue weighted by atomic mass is 10.1. The second-order valence-corrected chi connectivity index (χ2v) is 3.80. The Morgan fingerprint density at radius 3 is 2.58 bits per heavy atom. The lowest BCUT2D eigenvalue weighted by molar-refractivity contribution is -0.139. The summed E-state index contributed by atoms with van der Waals surface area (Å²) in [6.45, 7) is 0. The van der Waals surface area contributed by atoms with Gasteiger partial charge in [0.05, 0.1) is 11.8 Å². The van der Waals surface area contributed by atoms with Crippen LogP contribution in [0.1, 0.15) is 23.2 Å². The van der Waals surface area contributed by atoms with Gasteiger partial charge in [0.2, 0.25) is 5.91 Å². The number of pyridine rings is 1. The molecule has 0 aliphatic rings. The van der Waals surface area contributed by atoms with Crippen molar-refractivity contribution in [1.29, 1.82) is 0 Å². The Hall–Kier alpha value is -2.64. The van der Waals surface area contributed by atoms with Gasteiger partial charge < -0.3 is 21.3 Å². The molecule has 0 aliphatic carbocycles. The third-order valence-electron chi connectivity index (χ3n) is 2.27. The van der Waals surface area contributed by atoms with Crippen molar-refractivity contribution in [2.45, 2.75) is 18.9 Å². The monoisotopic (exact) mass is 267 g/mol. The van der Waals surface area contributed by atoms with E-state index in [0.717, 1.165) is 12.3 Å². The molecule has 1 unspecified atom stereocenters. The third kappa shape index (κ3) is 4.62. The molecule has 1 aromatic heterocycles. The Kier molecular flexibility index (Phi) is 4.81. The van der Waals surface area contributed by atoms with Crippen molar-refractivity contribution in [3.8, 4) is 5.75 Å². The third-order valence-corrected chi connectivity index (χ3v) is 2.27. The number of aliphatic carboxylic acids is 1. The number of carboxylic acid groups (broad SMARTS) is 1. The molecule has 8 heteroatoms. The van der Waals surface area contributed by atoms with Crippen molar-refractivity contribution in [1.82, 2.24) is 10.3 Å². The zero-order chi connectivity index (χ0) is 14.4. The molecule has 0 bridgehead atoms. The van der Waals surface area contributed by atoms with Gasteiger partial charge in [-0.15, -0.1) is 0 Å². The molecular formula is C11H13N3O5. The Balaban J connectivity index is 2.71. The van der Waals surface area contributed by atoms with Crippen LogP contribution in [0.3, 0.4) is 0 Å². The van der Waals surface area contributed by atoms with Gasteiger partial charge in [-0.1, -0.05) is 0 Å². The number of hydrogen-bond donors (Lipinski definition) is 4. The maximum Gasteiger partial charge on any atom is 0.326 e. The maximum absolute atomic E-state index is 11.7. The minimum absolute atomic E-state index is 0.0188. The minimum Gasteiger partial charge on any atom is -0.506 e. The van der Waals surface area contributed by atoms with Gasteiger partial charge in [0.25, 0.3) is 5.91 Å². The number of hydrogen-bond acceptors (Lipinski definition) is 5. The molecule has 0 saturated carbocycles. The topological polar surface area (TPSA) is 143 Å². The normalized spacial score (nSPS) is 11.6. The van der Waals surface area contributed by atoms with Crippen LogP contribution in [0.15, 0.2) is 18.5 Å². The zero-order valence-electron chi connectivity index (χ0n) is 9.87. The Morgan fingerprint density at radius 1 is 1.37 bits per heavy atom. The fourth-order valence-corrected chi connectivity index (χ4v) is 1.34. The van der Waals surface area contributed by atoms with Gasteiger partial charge in [0.15, 0.2) is 0 Å². The summed E-state index contributed by atoms with van der Waals surface area (Å²) in [4.78, 5) is 36.8. The van der Waals surface area contributed by atoms with Crippen molar-refractivity contribution in [2.24, 2.45) is 5.73 Å². The number of amides is 2. The van der Waals surface area contributed by atoms with Crippen molar-refractivity contribution in [3.63, 3.8) is 0 Å². The van der Waals surface area contributed by atoms with E-state index in [1.165, 1.54) is 6.20 Å². The first-order valence-corrected chi connectivity index (χ1v) is 5.36. The number of carboxylic acids is 1. The van der Waals surface area contributed by atoms with Gasteiger partial charge in [0.1, 0.15) is 11.8 Å². The number of nitrogens with zero attached hydrogens (tertiary/aromatic N) is 1. The van der Waals surface area contributed by atoms with Crippen LogP contribution in [0.5, 0.6) is 5.75 Å². The number of carbonyl (C=O) groups excluding carboxylic acids is 2. The number of nitrogens with one attached hydrogen (secondary N) is 1. The van der Waals surface area contributed by atoms with Crippen LogP contribution in [0.2, 0.25) is 0 Å². The highest BCUT2D eigenvalue weighted by Gasteiger charge is 2.21. The summed E-state index contributed by atoms with van der Waals surface area (Å²) in [5, 5.41) is 20.3. The molecule has 0 fully saturated rings. The number of primary amides is 1. The molecule has 5 N–H and O–H groups in total. The maximum atomic E-state index is 11.7. The predicted octanol–water partition coefficient (Wildman–Crippen LogP) is -0.764. The number of nitrogens with two attached hydrogens (primary N) is 1. The molecule has 0 aromatic carbocycles. The van der Waals surface area contributed by atoms with Gasteiger partial charge in [0, 0.05) is 12.6 Å². The molecule has 1 atom stereocenters. The van der Waals surface area contributed by atoms with E-state index in [0.29, 0.717) is 0 Å². The average Bonchev–Trinajstić information content (AvgIpc) is 2.33. The number of rotatable bonds is 6. The van der Waals surface area contributed by atoms with Crippen LogP contribution in [0, 0.1) is 0 Å². The highest BCUT2D eigenvalue weighted by atomic mass is 16.4. The summed E-state index contributed by atoms with van der Waals surface area (Å²) in [6, 6.07) is -0.0858. The van der Waals surface area contributed by atoms with Crippen LogP contribution in [0.25, 0.3) is 0 Å². The Morgan fingerprint density at radius 2 is 2.05 bits per heavy atom. The highest BCUT2D eigenvalue weighted by Crippen LogP contribution is 2.09. The van der Waals surface area contributed by atoms with E-state index in [1.807, 2.05) is 0 Å². The van der Waals surface area contributed by atoms with Crippen LogP contribution < -0.4 is 11.1 Å². The van der Waals surface area contributed by atoms with E-state index in [1.54, 1.807) is 0 Å². The number of carbonyl (C=O) groups is 3. The molecule has 1 aromatic rings. The molecule has 0 radical (unpaired) electrons. The quantitative estimate of drug-likeness (QED) is 0.533. The molecule has 102 valence electrons. The highest BCUT2D eigenvalue weighted by molar-refractivity contribution is 5.96. The molecule has 19 heavy (non-hydrogen) atoms. The van der Waals surface area contributed by atoms with E-state index >= 15 is 0 Å². The summed E-state index contributed by atoms with van der Waals surface area (Å²) < 4.78 is 0. The van der Waals surface area contributed by atoms with E-state index < -0.39 is 23.8 Å². The lowest BCUT2D eigenvalue weighted by Gasteiger charge is -2.13. The Labute approximate surface area is 108 Å². The fraction of sp³-hybridized carbons (Fsp3) is 0.273. The molecule has 2 amide bonds. The molecule has 0 spiro atoms. The molecule has 8 nitrogen and oxygen atoms in total. The van der Waals surface area contributed by atoms with Crippen LogP contribution >= 0.6 is 0 Å². The van der Waals surface area contributed by atoms with Gasteiger partial charge in [-0.2, -0.15) is 0 Å². The summed E-state index contributed by atoms with van der Waals surface area (Å²) in [7, 11) is 0. The largest absolute Gasteiger partial charge is 0.506 e. The standard InChI is InChI=1S/C11H13N3O5/c12-9(16)2-1-8(11(18)19)14-10(17)6-3-7(15)5-13-4-6/h3-5,8,15H,1-2H2,(H2,12,16)(H,14,17)(H,18,19). The minimum atomic E-state index is -1.28. The molecular weight excluding hydrogens is 254 g/mol. The van der Waals surface area contributed by atoms with Crippen LogP contribution in [-0.2, 0) is 9.59 Å². The first kappa shape index (κ1) is 14.4. The van der Waals surface area contributed by atoms with E-state index in [4.69, 9.17) is 15.9 Å². The Bertz CT molecular complexity index is 503. The summed E-state index contributed by atoms with van der Waals surface area (Å²) >= 11 is 0. The van der Waals surface area contributed by atoms with Crippen LogP contribution in [0.4, 0.5) is 0 Å². The SMILES string of the molecule is NC(=O)CCC(NC(=O)c1cncc(O)c1)C(=O)O. The number of aromatic nitrogens is 1. The molecule has 0 saturated heterocycles. The van der Waals surface area contributed by atoms with Gasteiger partial charge in [-0.3, -0.25) is 14.6 Å².